The van der Waals surface area contributed by atoms with E-state index in [9.17, 15) is 0 Å². The molecule has 0 unspecified atom stereocenters. The summed E-state index contributed by atoms with van der Waals surface area (Å²) in [4.78, 5) is 12.6. The Kier molecular flexibility index (Phi) is 3.54. The van der Waals surface area contributed by atoms with E-state index in [1.807, 2.05) is 25.1 Å². The number of hydrogen-bond acceptors (Lipinski definition) is 4. The Bertz CT molecular complexity index is 794. The van der Waals surface area contributed by atoms with Gasteiger partial charge in [0.1, 0.15) is 10.9 Å². The van der Waals surface area contributed by atoms with E-state index in [0.717, 1.165) is 16.6 Å². The van der Waals surface area contributed by atoms with E-state index in [2.05, 4.69) is 30.9 Å². The van der Waals surface area contributed by atoms with Gasteiger partial charge in [-0.05, 0) is 53.2 Å². The number of nitrogens with zero attached hydrogens (tertiary/aromatic N) is 3. The van der Waals surface area contributed by atoms with Crippen LogP contribution >= 0.6 is 27.5 Å². The Morgan fingerprint density at radius 2 is 2.00 bits per heavy atom. The fourth-order valence-electron chi connectivity index (χ4n) is 1.78. The average Bonchev–Trinajstić information content (AvgIpc) is 2.41. The highest BCUT2D eigenvalue weighted by molar-refractivity contribution is 9.10. The Labute approximate surface area is 128 Å². The first-order valence-corrected chi connectivity index (χ1v) is 7.02. The minimum Gasteiger partial charge on any atom is -0.435 e. The third kappa shape index (κ3) is 2.59. The standard InChI is InChI=1S/C14H9BrClN3O/c1-8-2-5-12(13(15)19-8)20-14-10-4-3-9(16)6-11(10)17-7-18-14/h2-7H,1H3. The van der Waals surface area contributed by atoms with Crippen LogP contribution in [0.4, 0.5) is 0 Å². The fourth-order valence-corrected chi connectivity index (χ4v) is 2.44. The van der Waals surface area contributed by atoms with Crippen LogP contribution in [-0.4, -0.2) is 15.0 Å². The SMILES string of the molecule is Cc1ccc(Oc2ncnc3cc(Cl)ccc23)c(Br)n1. The third-order valence-corrected chi connectivity index (χ3v) is 3.53. The normalized spacial score (nSPS) is 10.8. The van der Waals surface area contributed by atoms with Crippen molar-refractivity contribution in [2.45, 2.75) is 6.92 Å². The summed E-state index contributed by atoms with van der Waals surface area (Å²) < 4.78 is 6.45. The molecule has 0 atom stereocenters. The van der Waals surface area contributed by atoms with Crippen molar-refractivity contribution >= 4 is 38.4 Å². The van der Waals surface area contributed by atoms with Crippen molar-refractivity contribution in [1.29, 1.82) is 0 Å². The lowest BCUT2D eigenvalue weighted by Crippen LogP contribution is -1.93. The van der Waals surface area contributed by atoms with Gasteiger partial charge in [0.25, 0.3) is 0 Å². The average molecular weight is 351 g/mol. The molecular formula is C14H9BrClN3O. The minimum absolute atomic E-state index is 0.470. The molecule has 3 rings (SSSR count). The molecule has 2 aromatic heterocycles. The zero-order valence-electron chi connectivity index (χ0n) is 10.5. The van der Waals surface area contributed by atoms with Gasteiger partial charge in [0.2, 0.25) is 5.88 Å². The van der Waals surface area contributed by atoms with Crippen molar-refractivity contribution in [3.05, 3.63) is 52.0 Å². The third-order valence-electron chi connectivity index (χ3n) is 2.72. The quantitative estimate of drug-likeness (QED) is 0.637. The van der Waals surface area contributed by atoms with Gasteiger partial charge in [0.05, 0.1) is 10.9 Å². The van der Waals surface area contributed by atoms with Gasteiger partial charge in [-0.25, -0.2) is 15.0 Å². The first-order chi connectivity index (χ1) is 9.63. The highest BCUT2D eigenvalue weighted by Crippen LogP contribution is 2.31. The second kappa shape index (κ2) is 5.34. The van der Waals surface area contributed by atoms with Gasteiger partial charge < -0.3 is 4.74 Å². The molecule has 100 valence electrons. The largest absolute Gasteiger partial charge is 0.435 e. The van der Waals surface area contributed by atoms with E-state index < -0.39 is 0 Å². The minimum atomic E-state index is 0.470. The molecular weight excluding hydrogens is 342 g/mol. The fraction of sp³-hybridized carbons (Fsp3) is 0.0714. The molecule has 6 heteroatoms. The number of aromatic nitrogens is 3. The van der Waals surface area contributed by atoms with Gasteiger partial charge in [0, 0.05) is 10.7 Å². The molecule has 0 aliphatic carbocycles. The number of halogens is 2. The van der Waals surface area contributed by atoms with Crippen molar-refractivity contribution < 1.29 is 4.74 Å². The molecule has 0 spiro atoms. The summed E-state index contributed by atoms with van der Waals surface area (Å²) in [5, 5.41) is 1.42. The predicted molar refractivity (Wildman–Crippen MR) is 81.3 cm³/mol. The van der Waals surface area contributed by atoms with Crippen LogP contribution in [0.2, 0.25) is 5.02 Å². The lowest BCUT2D eigenvalue weighted by atomic mass is 10.2. The van der Waals surface area contributed by atoms with Gasteiger partial charge in [0.15, 0.2) is 5.75 Å². The second-order valence-corrected chi connectivity index (χ2v) is 5.37. The van der Waals surface area contributed by atoms with Gasteiger partial charge >= 0.3 is 0 Å². The van der Waals surface area contributed by atoms with Crippen LogP contribution in [-0.2, 0) is 0 Å². The van der Waals surface area contributed by atoms with Crippen LogP contribution in [0.1, 0.15) is 5.69 Å². The van der Waals surface area contributed by atoms with Gasteiger partial charge in [-0.3, -0.25) is 0 Å². The molecule has 0 aliphatic rings. The van der Waals surface area contributed by atoms with Crippen LogP contribution < -0.4 is 4.74 Å². The molecule has 0 aliphatic heterocycles. The number of pyridine rings is 1. The summed E-state index contributed by atoms with van der Waals surface area (Å²) >= 11 is 9.33. The van der Waals surface area contributed by atoms with E-state index >= 15 is 0 Å². The maximum atomic E-state index is 5.96. The van der Waals surface area contributed by atoms with Gasteiger partial charge in [-0.2, -0.15) is 0 Å². The Hall–Kier alpha value is -1.72. The molecule has 0 saturated heterocycles. The van der Waals surface area contributed by atoms with E-state index in [1.165, 1.54) is 6.33 Å². The molecule has 0 amide bonds. The van der Waals surface area contributed by atoms with Crippen molar-refractivity contribution in [2.24, 2.45) is 0 Å². The Balaban J connectivity index is 2.06. The summed E-state index contributed by atoms with van der Waals surface area (Å²) in [6, 6.07) is 9.11. The molecule has 1 aromatic carbocycles. The highest BCUT2D eigenvalue weighted by Gasteiger charge is 2.09. The Morgan fingerprint density at radius 1 is 1.15 bits per heavy atom. The van der Waals surface area contributed by atoms with Crippen LogP contribution in [0.25, 0.3) is 10.9 Å². The zero-order chi connectivity index (χ0) is 14.1. The monoisotopic (exact) mass is 349 g/mol. The van der Waals surface area contributed by atoms with Crippen LogP contribution in [0.15, 0.2) is 41.3 Å². The van der Waals surface area contributed by atoms with Crippen molar-refractivity contribution in [3.8, 4) is 11.6 Å². The number of benzene rings is 1. The lowest BCUT2D eigenvalue weighted by molar-refractivity contribution is 0.462. The molecule has 4 nitrogen and oxygen atoms in total. The van der Waals surface area contributed by atoms with Gasteiger partial charge in [-0.15, -0.1) is 0 Å². The molecule has 20 heavy (non-hydrogen) atoms. The van der Waals surface area contributed by atoms with Crippen molar-refractivity contribution in [1.82, 2.24) is 15.0 Å². The highest BCUT2D eigenvalue weighted by atomic mass is 79.9. The molecule has 0 saturated carbocycles. The number of hydrogen-bond donors (Lipinski definition) is 0. The zero-order valence-corrected chi connectivity index (χ0v) is 12.8. The second-order valence-electron chi connectivity index (χ2n) is 4.18. The predicted octanol–water partition coefficient (Wildman–Crippen LogP) is 4.54. The molecule has 2 heterocycles. The summed E-state index contributed by atoms with van der Waals surface area (Å²) in [5.74, 6) is 1.07. The maximum Gasteiger partial charge on any atom is 0.230 e. The summed E-state index contributed by atoms with van der Waals surface area (Å²) in [6.07, 6.45) is 1.45. The number of ether oxygens (including phenoxy) is 1. The van der Waals surface area contributed by atoms with E-state index in [4.69, 9.17) is 16.3 Å². The summed E-state index contributed by atoms with van der Waals surface area (Å²) in [7, 11) is 0. The van der Waals surface area contributed by atoms with Crippen LogP contribution in [0.5, 0.6) is 11.6 Å². The van der Waals surface area contributed by atoms with Crippen LogP contribution in [0, 0.1) is 6.92 Å². The number of aryl methyl sites for hydroxylation is 1. The smallest absolute Gasteiger partial charge is 0.230 e. The molecule has 0 fully saturated rings. The van der Waals surface area contributed by atoms with Crippen molar-refractivity contribution in [3.63, 3.8) is 0 Å². The number of rotatable bonds is 2. The molecule has 0 bridgehead atoms. The number of fused-ring (bicyclic) bond motifs is 1. The topological polar surface area (TPSA) is 47.9 Å². The van der Waals surface area contributed by atoms with Crippen molar-refractivity contribution in [2.75, 3.05) is 0 Å². The first-order valence-electron chi connectivity index (χ1n) is 5.85. The molecule has 3 aromatic rings. The van der Waals surface area contributed by atoms with Crippen LogP contribution in [0.3, 0.4) is 0 Å². The summed E-state index contributed by atoms with van der Waals surface area (Å²) in [5.41, 5.74) is 1.64. The summed E-state index contributed by atoms with van der Waals surface area (Å²) in [6.45, 7) is 1.91. The Morgan fingerprint density at radius 3 is 2.80 bits per heavy atom. The maximum absolute atomic E-state index is 5.96. The lowest BCUT2D eigenvalue weighted by Gasteiger charge is -2.08. The molecule has 0 N–H and O–H groups in total. The van der Waals surface area contributed by atoms with E-state index in [1.54, 1.807) is 12.1 Å². The first kappa shape index (κ1) is 13.3. The molecule has 0 radical (unpaired) electrons. The van der Waals surface area contributed by atoms with E-state index in [-0.39, 0.29) is 0 Å². The van der Waals surface area contributed by atoms with E-state index in [0.29, 0.717) is 21.3 Å². The van der Waals surface area contributed by atoms with Gasteiger partial charge in [-0.1, -0.05) is 11.6 Å².